The summed E-state index contributed by atoms with van der Waals surface area (Å²) in [5, 5.41) is 0.830. The minimum absolute atomic E-state index is 0.190. The lowest BCUT2D eigenvalue weighted by molar-refractivity contribution is -0.146. The average molecular weight is 365 g/mol. The van der Waals surface area contributed by atoms with Gasteiger partial charge in [-0.2, -0.15) is 0 Å². The van der Waals surface area contributed by atoms with E-state index in [1.807, 2.05) is 55.5 Å². The maximum atomic E-state index is 12.7. The van der Waals surface area contributed by atoms with Gasteiger partial charge >= 0.3 is 5.97 Å². The van der Waals surface area contributed by atoms with Crippen molar-refractivity contribution in [3.8, 4) is 5.75 Å². The maximum absolute atomic E-state index is 12.7. The van der Waals surface area contributed by atoms with E-state index < -0.39 is 12.1 Å². The Morgan fingerprint density at radius 3 is 2.63 bits per heavy atom. The lowest BCUT2D eigenvalue weighted by Crippen LogP contribution is -2.24. The Morgan fingerprint density at radius 1 is 1.07 bits per heavy atom. The zero-order valence-corrected chi connectivity index (χ0v) is 15.5. The molecule has 1 N–H and O–H groups in total. The first-order valence-corrected chi connectivity index (χ1v) is 9.10. The van der Waals surface area contributed by atoms with Crippen LogP contribution in [0, 0.1) is 0 Å². The first-order chi connectivity index (χ1) is 13.1. The van der Waals surface area contributed by atoms with Crippen LogP contribution in [-0.4, -0.2) is 29.4 Å². The molecule has 1 aromatic heterocycles. The summed E-state index contributed by atoms with van der Waals surface area (Å²) in [7, 11) is 0. The monoisotopic (exact) mass is 365 g/mol. The molecule has 0 aliphatic rings. The molecular formula is C22H23NO4. The summed E-state index contributed by atoms with van der Waals surface area (Å²) in [6, 6.07) is 15.2. The van der Waals surface area contributed by atoms with Gasteiger partial charge in [-0.05, 0) is 38.0 Å². The van der Waals surface area contributed by atoms with Crippen molar-refractivity contribution in [2.24, 2.45) is 0 Å². The predicted molar refractivity (Wildman–Crippen MR) is 104 cm³/mol. The van der Waals surface area contributed by atoms with Gasteiger partial charge in [-0.3, -0.25) is 9.59 Å². The molecule has 0 spiro atoms. The quantitative estimate of drug-likeness (QED) is 0.477. The number of rotatable bonds is 8. The van der Waals surface area contributed by atoms with Gasteiger partial charge in [0.15, 0.2) is 6.10 Å². The van der Waals surface area contributed by atoms with Crippen molar-refractivity contribution in [3.63, 3.8) is 0 Å². The Morgan fingerprint density at radius 2 is 1.81 bits per heavy atom. The molecule has 3 rings (SSSR count). The van der Waals surface area contributed by atoms with E-state index in [-0.39, 0.29) is 12.2 Å². The van der Waals surface area contributed by atoms with E-state index in [9.17, 15) is 9.59 Å². The van der Waals surface area contributed by atoms with E-state index in [1.165, 1.54) is 0 Å². The molecule has 0 unspecified atom stereocenters. The highest BCUT2D eigenvalue weighted by Crippen LogP contribution is 2.21. The Bertz CT molecular complexity index is 944. The number of carbonyl (C=O) groups is 2. The van der Waals surface area contributed by atoms with Crippen molar-refractivity contribution >= 4 is 22.7 Å². The molecule has 140 valence electrons. The molecule has 3 aromatic rings. The van der Waals surface area contributed by atoms with Crippen molar-refractivity contribution in [1.29, 1.82) is 0 Å². The molecule has 0 saturated heterocycles. The summed E-state index contributed by atoms with van der Waals surface area (Å²) in [6.07, 6.45) is 1.52. The number of hydrogen-bond acceptors (Lipinski definition) is 4. The van der Waals surface area contributed by atoms with E-state index in [1.54, 1.807) is 13.1 Å². The van der Waals surface area contributed by atoms with Crippen LogP contribution in [-0.2, 0) is 16.0 Å². The van der Waals surface area contributed by atoms with Crippen LogP contribution in [0.1, 0.15) is 36.2 Å². The van der Waals surface area contributed by atoms with Crippen molar-refractivity contribution in [2.75, 3.05) is 6.61 Å². The van der Waals surface area contributed by atoms with Crippen LogP contribution in [0.4, 0.5) is 0 Å². The first kappa shape index (κ1) is 18.7. The number of hydrogen-bond donors (Lipinski definition) is 1. The Balaban J connectivity index is 1.60. The number of Topliss-reactive ketones (excluding diaryl/α,β-unsaturated/α-hetero) is 1. The summed E-state index contributed by atoms with van der Waals surface area (Å²) < 4.78 is 10.9. The number of aromatic amines is 1. The first-order valence-electron chi connectivity index (χ1n) is 9.10. The van der Waals surface area contributed by atoms with Gasteiger partial charge in [0.25, 0.3) is 0 Å². The third kappa shape index (κ3) is 4.37. The number of aryl methyl sites for hydroxylation is 1. The Hall–Kier alpha value is -3.08. The second kappa shape index (κ2) is 8.54. The Kier molecular flexibility index (Phi) is 5.91. The predicted octanol–water partition coefficient (Wildman–Crippen LogP) is 4.31. The molecule has 5 heteroatoms. The summed E-state index contributed by atoms with van der Waals surface area (Å²) >= 11 is 0. The number of ketones is 1. The molecule has 0 bridgehead atoms. The molecule has 1 heterocycles. The van der Waals surface area contributed by atoms with Crippen LogP contribution in [0.2, 0.25) is 0 Å². The largest absolute Gasteiger partial charge is 0.494 e. The smallest absolute Gasteiger partial charge is 0.306 e. The number of nitrogens with one attached hydrogen (secondary N) is 1. The molecule has 5 nitrogen and oxygen atoms in total. The molecule has 0 saturated carbocycles. The third-order valence-electron chi connectivity index (χ3n) is 4.40. The second-order valence-corrected chi connectivity index (χ2v) is 6.29. The van der Waals surface area contributed by atoms with Gasteiger partial charge in [0.1, 0.15) is 5.75 Å². The number of H-pyrrole nitrogens is 1. The Labute approximate surface area is 158 Å². The van der Waals surface area contributed by atoms with Crippen LogP contribution < -0.4 is 4.74 Å². The molecule has 0 amide bonds. The molecule has 27 heavy (non-hydrogen) atoms. The van der Waals surface area contributed by atoms with Gasteiger partial charge in [0.2, 0.25) is 5.78 Å². The van der Waals surface area contributed by atoms with E-state index >= 15 is 0 Å². The SMILES string of the molecule is CCOc1ccccc1CCC(=O)O[C@@H](C)C(=O)c1c[nH]c2ccccc12. The fourth-order valence-electron chi connectivity index (χ4n) is 3.05. The summed E-state index contributed by atoms with van der Waals surface area (Å²) in [5.41, 5.74) is 2.37. The molecular weight excluding hydrogens is 342 g/mol. The molecule has 2 aromatic carbocycles. The van der Waals surface area contributed by atoms with Crippen LogP contribution >= 0.6 is 0 Å². The number of fused-ring (bicyclic) bond motifs is 1. The normalized spacial score (nSPS) is 11.9. The van der Waals surface area contributed by atoms with Crippen LogP contribution in [0.5, 0.6) is 5.75 Å². The van der Waals surface area contributed by atoms with Crippen LogP contribution in [0.15, 0.2) is 54.7 Å². The van der Waals surface area contributed by atoms with E-state index in [0.717, 1.165) is 22.2 Å². The van der Waals surface area contributed by atoms with Crippen molar-refractivity contribution in [1.82, 2.24) is 4.98 Å². The topological polar surface area (TPSA) is 68.4 Å². The third-order valence-corrected chi connectivity index (χ3v) is 4.40. The van der Waals surface area contributed by atoms with Gasteiger partial charge in [-0.1, -0.05) is 36.4 Å². The van der Waals surface area contributed by atoms with Crippen LogP contribution in [0.25, 0.3) is 10.9 Å². The highest BCUT2D eigenvalue weighted by molar-refractivity contribution is 6.10. The zero-order valence-electron chi connectivity index (χ0n) is 15.5. The number of carbonyl (C=O) groups excluding carboxylic acids is 2. The second-order valence-electron chi connectivity index (χ2n) is 6.29. The van der Waals surface area contributed by atoms with Crippen LogP contribution in [0.3, 0.4) is 0 Å². The lowest BCUT2D eigenvalue weighted by Gasteiger charge is -2.13. The molecule has 1 atom stereocenters. The number of benzene rings is 2. The fourth-order valence-corrected chi connectivity index (χ4v) is 3.05. The highest BCUT2D eigenvalue weighted by atomic mass is 16.5. The number of esters is 1. The van der Waals surface area contributed by atoms with E-state index in [0.29, 0.717) is 18.6 Å². The van der Waals surface area contributed by atoms with Crippen molar-refractivity contribution in [3.05, 3.63) is 65.9 Å². The molecule has 0 fully saturated rings. The molecule has 0 aliphatic heterocycles. The van der Waals surface area contributed by atoms with Crippen molar-refractivity contribution < 1.29 is 19.1 Å². The summed E-state index contributed by atoms with van der Waals surface area (Å²) in [6.45, 7) is 4.09. The van der Waals surface area contributed by atoms with Gasteiger partial charge in [-0.25, -0.2) is 0 Å². The summed E-state index contributed by atoms with van der Waals surface area (Å²) in [4.78, 5) is 27.9. The fraction of sp³-hybridized carbons (Fsp3) is 0.273. The summed E-state index contributed by atoms with van der Waals surface area (Å²) in [5.74, 6) is 0.160. The number of para-hydroxylation sites is 2. The van der Waals surface area contributed by atoms with Gasteiger partial charge in [-0.15, -0.1) is 0 Å². The minimum Gasteiger partial charge on any atom is -0.494 e. The van der Waals surface area contributed by atoms with Gasteiger partial charge in [0.05, 0.1) is 6.61 Å². The van der Waals surface area contributed by atoms with E-state index in [4.69, 9.17) is 9.47 Å². The lowest BCUT2D eigenvalue weighted by atomic mass is 10.1. The highest BCUT2D eigenvalue weighted by Gasteiger charge is 2.22. The maximum Gasteiger partial charge on any atom is 0.306 e. The number of ether oxygens (including phenoxy) is 2. The van der Waals surface area contributed by atoms with Crippen molar-refractivity contribution in [2.45, 2.75) is 32.8 Å². The standard InChI is InChI=1S/C22H23NO4/c1-3-26-20-11-7-4-8-16(20)12-13-21(24)27-15(2)22(25)18-14-23-19-10-6-5-9-17(18)19/h4-11,14-15,23H,3,12-13H2,1-2H3/t15-/m0/s1. The average Bonchev–Trinajstić information content (AvgIpc) is 3.11. The van der Waals surface area contributed by atoms with Gasteiger partial charge in [0, 0.05) is 29.1 Å². The molecule has 0 aliphatic carbocycles. The van der Waals surface area contributed by atoms with E-state index in [2.05, 4.69) is 4.98 Å². The van der Waals surface area contributed by atoms with Gasteiger partial charge < -0.3 is 14.5 Å². The zero-order chi connectivity index (χ0) is 19.2. The molecule has 0 radical (unpaired) electrons. The minimum atomic E-state index is -0.834. The number of aromatic nitrogens is 1.